The number of alkyl halides is 5. The molecule has 0 saturated heterocycles. The molecule has 0 amide bonds. The molecule has 44 heavy (non-hydrogen) atoms. The molecule has 0 bridgehead atoms. The van der Waals surface area contributed by atoms with Crippen LogP contribution < -0.4 is 10.6 Å². The van der Waals surface area contributed by atoms with Gasteiger partial charge in [-0.25, -0.2) is 13.2 Å². The maximum Gasteiger partial charge on any atom is 0.342 e. The fourth-order valence-corrected chi connectivity index (χ4v) is 4.67. The van der Waals surface area contributed by atoms with Crippen LogP contribution >= 0.6 is 11.6 Å². The lowest BCUT2D eigenvalue weighted by Gasteiger charge is -2.37. The van der Waals surface area contributed by atoms with Crippen LogP contribution in [0.1, 0.15) is 41.3 Å². The average molecular weight is 642 g/mol. The monoisotopic (exact) mass is 641 g/mol. The van der Waals surface area contributed by atoms with Crippen molar-refractivity contribution in [3.05, 3.63) is 143 Å². The van der Waals surface area contributed by atoms with Gasteiger partial charge in [-0.15, -0.1) is 0 Å². The van der Waals surface area contributed by atoms with Crippen LogP contribution in [0.25, 0.3) is 0 Å². The molecule has 0 aliphatic carbocycles. The molecule has 236 valence electrons. The largest absolute Gasteiger partial charge is 0.357 e. The van der Waals surface area contributed by atoms with Crippen LogP contribution in [-0.2, 0) is 18.4 Å². The number of hydrogen-bond donors (Lipinski definition) is 3. The highest BCUT2D eigenvalue weighted by Gasteiger charge is 2.37. The number of aliphatic hydroxyl groups excluding tert-OH is 1. The van der Waals surface area contributed by atoms with Gasteiger partial charge in [-0.05, 0) is 53.9 Å². The van der Waals surface area contributed by atoms with Gasteiger partial charge in [0.15, 0.2) is 0 Å². The fraction of sp³-hybridized carbons (Fsp3) is 0.219. The molecule has 2 atom stereocenters. The van der Waals surface area contributed by atoms with E-state index in [1.807, 2.05) is 54.6 Å². The summed E-state index contributed by atoms with van der Waals surface area (Å²) in [7, 11) is 0. The van der Waals surface area contributed by atoms with E-state index in [0.29, 0.717) is 34.9 Å². The second-order valence-corrected chi connectivity index (χ2v) is 9.98. The van der Waals surface area contributed by atoms with Gasteiger partial charge in [0.1, 0.15) is 11.7 Å². The van der Waals surface area contributed by atoms with Crippen molar-refractivity contribution >= 4 is 17.3 Å². The first kappa shape index (κ1) is 36.1. The van der Waals surface area contributed by atoms with E-state index in [-0.39, 0.29) is 5.56 Å². The maximum atomic E-state index is 13.8. The second kappa shape index (κ2) is 17.9. The molecular formula is C32H31ClF7N3O. The van der Waals surface area contributed by atoms with Crippen molar-refractivity contribution in [1.82, 2.24) is 10.3 Å². The van der Waals surface area contributed by atoms with E-state index in [0.717, 1.165) is 16.8 Å². The van der Waals surface area contributed by atoms with E-state index >= 15 is 0 Å². The third kappa shape index (κ3) is 11.2. The zero-order valence-electron chi connectivity index (χ0n) is 23.5. The van der Waals surface area contributed by atoms with Gasteiger partial charge in [-0.1, -0.05) is 78.8 Å². The molecule has 1 unspecified atom stereocenters. The van der Waals surface area contributed by atoms with Crippen LogP contribution in [0.3, 0.4) is 0 Å². The Labute approximate surface area is 256 Å². The highest BCUT2D eigenvalue weighted by Crippen LogP contribution is 2.36. The molecule has 3 aromatic carbocycles. The predicted molar refractivity (Wildman–Crippen MR) is 159 cm³/mol. The summed E-state index contributed by atoms with van der Waals surface area (Å²) in [5.74, 6) is 0.422. The molecule has 1 aromatic heterocycles. The van der Waals surface area contributed by atoms with Gasteiger partial charge in [-0.3, -0.25) is 4.98 Å². The summed E-state index contributed by atoms with van der Waals surface area (Å²) in [6, 6.07) is 27.0. The third-order valence-corrected chi connectivity index (χ3v) is 6.44. The van der Waals surface area contributed by atoms with E-state index in [1.54, 1.807) is 24.3 Å². The van der Waals surface area contributed by atoms with Crippen LogP contribution in [0, 0.1) is 0 Å². The van der Waals surface area contributed by atoms with E-state index in [9.17, 15) is 22.0 Å². The summed E-state index contributed by atoms with van der Waals surface area (Å²) in [4.78, 5) is 4.61. The first-order valence-electron chi connectivity index (χ1n) is 13.1. The lowest BCUT2D eigenvalue weighted by Crippen LogP contribution is -2.46. The quantitative estimate of drug-likeness (QED) is 0.143. The Morgan fingerprint density at radius 2 is 1.52 bits per heavy atom. The molecule has 4 rings (SSSR count). The molecule has 3 N–H and O–H groups in total. The van der Waals surface area contributed by atoms with Crippen molar-refractivity contribution in [2.24, 2.45) is 0 Å². The Kier molecular flexibility index (Phi) is 14.7. The molecule has 4 aromatic rings. The fourth-order valence-electron chi connectivity index (χ4n) is 4.55. The van der Waals surface area contributed by atoms with Crippen molar-refractivity contribution in [3.63, 3.8) is 0 Å². The molecule has 0 radical (unpaired) electrons. The number of rotatable bonds is 11. The Balaban J connectivity index is 0.00000104. The second-order valence-electron chi connectivity index (χ2n) is 9.55. The van der Waals surface area contributed by atoms with Gasteiger partial charge in [-0.2, -0.15) is 8.78 Å². The van der Waals surface area contributed by atoms with Crippen molar-refractivity contribution < 1.29 is 36.2 Å². The summed E-state index contributed by atoms with van der Waals surface area (Å²) in [6.07, 6.45) is -1.39. The molecule has 4 nitrogen and oxygen atoms in total. The van der Waals surface area contributed by atoms with Crippen LogP contribution in [0.15, 0.2) is 110 Å². The number of aromatic nitrogens is 1. The van der Waals surface area contributed by atoms with Crippen LogP contribution in [0.4, 0.5) is 36.8 Å². The molecule has 0 aliphatic rings. The van der Waals surface area contributed by atoms with E-state index in [2.05, 4.69) is 22.2 Å². The molecular weight excluding hydrogens is 611 g/mol. The summed E-state index contributed by atoms with van der Waals surface area (Å²) < 4.78 is 76.9. The van der Waals surface area contributed by atoms with Gasteiger partial charge in [0.2, 0.25) is 0 Å². The zero-order chi connectivity index (χ0) is 32.7. The number of aliphatic hydroxyl groups is 1. The first-order chi connectivity index (χ1) is 21.0. The first-order valence-corrected chi connectivity index (χ1v) is 13.5. The standard InChI is InChI=1S/C31H29ClF3N3.CH2F2O.F2/c1-21(33)16-24-10-6-13-28(17-24)37-22(2)38-31(19-23-8-4-3-5-9-23,29-15-14-27(32)20-36-29)26-12-7-11-25(18-26)30(34)35;2-1(3)4;1-2/h3-15,17-18,20-21,30,37-38H,2,16,19H2,1H3;1,4H;/t21?,31-;;/m0../s1. The summed E-state index contributed by atoms with van der Waals surface area (Å²) in [5, 5.41) is 13.9. The minimum Gasteiger partial charge on any atom is -0.357 e. The lowest BCUT2D eigenvalue weighted by atomic mass is 9.80. The molecule has 0 spiro atoms. The van der Waals surface area contributed by atoms with E-state index < -0.39 is 24.7 Å². The lowest BCUT2D eigenvalue weighted by molar-refractivity contribution is -0.0728. The third-order valence-electron chi connectivity index (χ3n) is 6.21. The average Bonchev–Trinajstić information content (AvgIpc) is 2.98. The van der Waals surface area contributed by atoms with Crippen LogP contribution in [0.5, 0.6) is 0 Å². The molecule has 0 saturated carbocycles. The number of benzene rings is 3. The smallest absolute Gasteiger partial charge is 0.342 e. The van der Waals surface area contributed by atoms with Gasteiger partial charge in [0, 0.05) is 39.4 Å². The predicted octanol–water partition coefficient (Wildman–Crippen LogP) is 9.27. The highest BCUT2D eigenvalue weighted by molar-refractivity contribution is 6.30. The number of halogens is 8. The zero-order valence-corrected chi connectivity index (χ0v) is 24.3. The molecule has 0 fully saturated rings. The number of pyridine rings is 1. The Bertz CT molecular complexity index is 1420. The Morgan fingerprint density at radius 1 is 0.886 bits per heavy atom. The van der Waals surface area contributed by atoms with Crippen LogP contribution in [0.2, 0.25) is 5.02 Å². The van der Waals surface area contributed by atoms with Crippen molar-refractivity contribution in [3.8, 4) is 0 Å². The van der Waals surface area contributed by atoms with Gasteiger partial charge in [0.05, 0.1) is 16.5 Å². The molecule has 0 aliphatic heterocycles. The number of anilines is 1. The van der Waals surface area contributed by atoms with Crippen molar-refractivity contribution in [2.45, 2.75) is 44.5 Å². The minimum atomic E-state index is -3.17. The van der Waals surface area contributed by atoms with Crippen molar-refractivity contribution in [1.29, 1.82) is 0 Å². The Hall–Kier alpha value is -4.09. The Morgan fingerprint density at radius 3 is 2.11 bits per heavy atom. The van der Waals surface area contributed by atoms with Crippen molar-refractivity contribution in [2.75, 3.05) is 5.32 Å². The number of hydrogen-bond acceptors (Lipinski definition) is 4. The summed E-state index contributed by atoms with van der Waals surface area (Å²) in [6.45, 7) is 2.55. The topological polar surface area (TPSA) is 57.2 Å². The van der Waals surface area contributed by atoms with Gasteiger partial charge < -0.3 is 15.7 Å². The number of nitrogens with one attached hydrogen (secondary N) is 2. The number of nitrogens with zero attached hydrogens (tertiary/aromatic N) is 1. The maximum absolute atomic E-state index is 13.8. The normalized spacial score (nSPS) is 12.6. The van der Waals surface area contributed by atoms with E-state index in [4.69, 9.17) is 25.9 Å². The van der Waals surface area contributed by atoms with Gasteiger partial charge in [0.25, 0.3) is 6.43 Å². The summed E-state index contributed by atoms with van der Waals surface area (Å²) >= 11 is 6.16. The molecule has 1 heterocycles. The molecule has 12 heteroatoms. The van der Waals surface area contributed by atoms with E-state index in [1.165, 1.54) is 25.3 Å². The SMILES string of the molecule is C=C(Nc1cccc(CC(C)F)c1)N[C@@](Cc1ccccc1)(c1cccc(C(F)F)c1)c1ccc(Cl)cn1.FF.OC(F)F. The minimum absolute atomic E-state index is 0.0951. The highest BCUT2D eigenvalue weighted by atomic mass is 35.5. The summed E-state index contributed by atoms with van der Waals surface area (Å²) in [5.41, 5.74) is 2.54. The van der Waals surface area contributed by atoms with Crippen LogP contribution in [-0.4, -0.2) is 22.9 Å². The van der Waals surface area contributed by atoms with Gasteiger partial charge >= 0.3 is 6.61 Å².